The van der Waals surface area contributed by atoms with Crippen molar-refractivity contribution in [3.63, 3.8) is 0 Å². The molecule has 0 amide bonds. The SMILES string of the molecule is CCCCC1=CC[C]([Hf]([CH3])([CH3])(=[SiH2])[C]2=CC(CCCC)=CC2)=C1.Cl.Cl. The van der Waals surface area contributed by atoms with Gasteiger partial charge in [-0.1, -0.05) is 0 Å². The summed E-state index contributed by atoms with van der Waals surface area (Å²) >= 11 is -2.96. The van der Waals surface area contributed by atoms with Crippen molar-refractivity contribution >= 4 is 31.8 Å². The third kappa shape index (κ3) is 5.82. The van der Waals surface area contributed by atoms with Crippen LogP contribution in [0.3, 0.4) is 0 Å². The van der Waals surface area contributed by atoms with E-state index in [4.69, 9.17) is 0 Å². The van der Waals surface area contributed by atoms with Crippen LogP contribution in [0.15, 0.2) is 42.1 Å². The molecular weight excluding hydrogens is 518 g/mol. The van der Waals surface area contributed by atoms with E-state index in [1.54, 1.807) is 11.1 Å². The van der Waals surface area contributed by atoms with E-state index >= 15 is 0 Å². The van der Waals surface area contributed by atoms with Gasteiger partial charge >= 0.3 is 141 Å². The molecule has 24 heavy (non-hydrogen) atoms. The summed E-state index contributed by atoms with van der Waals surface area (Å²) in [5.41, 5.74) is 3.24. The molecule has 0 heterocycles. The van der Waals surface area contributed by atoms with Gasteiger partial charge in [-0.25, -0.2) is 0 Å². The summed E-state index contributed by atoms with van der Waals surface area (Å²) in [6, 6.07) is 0. The zero-order chi connectivity index (χ0) is 16.2. The van der Waals surface area contributed by atoms with Gasteiger partial charge in [-0.05, 0) is 0 Å². The predicted molar refractivity (Wildman–Crippen MR) is 115 cm³/mol. The van der Waals surface area contributed by atoms with E-state index < -0.39 is 17.1 Å². The number of allylic oxidation sites excluding steroid dienone is 8. The molecule has 0 saturated heterocycles. The normalized spacial score (nSPS) is 17.4. The Hall–Kier alpha value is 0.627. The van der Waals surface area contributed by atoms with E-state index in [0.29, 0.717) is 0 Å². The van der Waals surface area contributed by atoms with Crippen LogP contribution in [0.4, 0.5) is 0 Å². The molecule has 0 aliphatic heterocycles. The minimum absolute atomic E-state index is 0. The fraction of sp³-hybridized carbons (Fsp3) is 0.600. The molecule has 0 spiro atoms. The maximum absolute atomic E-state index is 2.96. The number of unbranched alkanes of at least 4 members (excludes halogenated alkanes) is 2. The van der Waals surface area contributed by atoms with E-state index in [-0.39, 0.29) is 24.8 Å². The Labute approximate surface area is 164 Å². The number of halogens is 2. The molecule has 138 valence electrons. The minimum atomic E-state index is -2.96. The van der Waals surface area contributed by atoms with Crippen LogP contribution in [0.1, 0.15) is 65.2 Å². The molecule has 0 unspecified atom stereocenters. The molecule has 0 nitrogen and oxygen atoms in total. The van der Waals surface area contributed by atoms with Crippen molar-refractivity contribution in [2.45, 2.75) is 74.6 Å². The molecule has 2 aliphatic carbocycles. The first-order valence-electron chi connectivity index (χ1n) is 9.23. The number of hydrogen-bond acceptors (Lipinski definition) is 0. The van der Waals surface area contributed by atoms with Crippen molar-refractivity contribution in [3.8, 4) is 0 Å². The Morgan fingerprint density at radius 2 is 1.21 bits per heavy atom. The fourth-order valence-corrected chi connectivity index (χ4v) is 19.2. The summed E-state index contributed by atoms with van der Waals surface area (Å²) in [6.45, 7) is 6.99. The molecule has 2 aliphatic rings. The second kappa shape index (κ2) is 10.1. The van der Waals surface area contributed by atoms with E-state index in [9.17, 15) is 0 Å². The molecule has 0 aromatic heterocycles. The molecule has 0 fully saturated rings. The summed E-state index contributed by atoms with van der Waals surface area (Å²) in [7, 11) is 0. The molecule has 2 rings (SSSR count). The van der Waals surface area contributed by atoms with Crippen LogP contribution in [-0.2, 0) is 17.1 Å². The van der Waals surface area contributed by atoms with Gasteiger partial charge in [-0.2, -0.15) is 0 Å². The zero-order valence-corrected chi connectivity index (χ0v) is 22.6. The van der Waals surface area contributed by atoms with E-state index in [1.165, 1.54) is 51.4 Å². The van der Waals surface area contributed by atoms with Crippen molar-refractivity contribution in [2.24, 2.45) is 0 Å². The van der Waals surface area contributed by atoms with Gasteiger partial charge in [0, 0.05) is 0 Å². The summed E-state index contributed by atoms with van der Waals surface area (Å²) in [5, 5.41) is 0. The van der Waals surface area contributed by atoms with Crippen molar-refractivity contribution in [1.29, 1.82) is 0 Å². The molecule has 0 atom stereocenters. The molecule has 0 saturated carbocycles. The third-order valence-corrected chi connectivity index (χ3v) is 30.3. The molecule has 0 aromatic rings. The van der Waals surface area contributed by atoms with Gasteiger partial charge in [0.05, 0.1) is 0 Å². The van der Waals surface area contributed by atoms with Gasteiger partial charge in [0.1, 0.15) is 0 Å². The van der Waals surface area contributed by atoms with Gasteiger partial charge in [-0.15, -0.1) is 24.8 Å². The zero-order valence-electron chi connectivity index (χ0n) is 16.0. The Bertz CT molecular complexity index is 570. The first-order chi connectivity index (χ1) is 10.4. The van der Waals surface area contributed by atoms with Crippen molar-refractivity contribution in [2.75, 3.05) is 0 Å². The molecule has 0 N–H and O–H groups in total. The van der Waals surface area contributed by atoms with Crippen LogP contribution < -0.4 is 0 Å². The quantitative estimate of drug-likeness (QED) is 0.285. The first-order valence-corrected chi connectivity index (χ1v) is 28.3. The average Bonchev–Trinajstić information content (AvgIpc) is 3.12. The van der Waals surface area contributed by atoms with Gasteiger partial charge in [0.15, 0.2) is 0 Å². The average molecular weight is 554 g/mol. The maximum Gasteiger partial charge on any atom is -0.147 e. The van der Waals surface area contributed by atoms with Crippen molar-refractivity contribution < 1.29 is 17.1 Å². The number of hydrogen-bond donors (Lipinski definition) is 0. The van der Waals surface area contributed by atoms with E-state index in [0.717, 1.165) is 0 Å². The van der Waals surface area contributed by atoms with Crippen LogP contribution in [0.25, 0.3) is 0 Å². The third-order valence-electron chi connectivity index (χ3n) is 5.59. The smallest absolute Gasteiger partial charge is 0.147 e. The minimum Gasteiger partial charge on any atom is -0.147 e. The largest absolute Gasteiger partial charge is 0.147 e. The summed E-state index contributed by atoms with van der Waals surface area (Å²) in [4.78, 5) is 0. The molecule has 4 heteroatoms. The van der Waals surface area contributed by atoms with Crippen LogP contribution in [-0.4, -0.2) is 6.94 Å². The Morgan fingerprint density at radius 1 is 0.833 bits per heavy atom. The van der Waals surface area contributed by atoms with Crippen LogP contribution in [0.5, 0.6) is 0 Å². The summed E-state index contributed by atoms with van der Waals surface area (Å²) in [5.74, 6) is 0. The second-order valence-corrected chi connectivity index (χ2v) is 49.5. The number of rotatable bonds is 8. The molecule has 0 radical (unpaired) electrons. The monoisotopic (exact) mass is 554 g/mol. The van der Waals surface area contributed by atoms with Crippen LogP contribution in [0.2, 0.25) is 9.36 Å². The van der Waals surface area contributed by atoms with Gasteiger partial charge < -0.3 is 0 Å². The standard InChI is InChI=1S/2C9H13.2CH3.2ClH.Hf.H2Si/c2*1-2-3-6-9-7-4-5-8-9;;;;;;/h2*7-8H,2-4,6H2,1H3;2*1H3;2*1H;;1H2. The molecular formula is C20H36Cl2HfSi. The van der Waals surface area contributed by atoms with Crippen LogP contribution >= 0.6 is 24.8 Å². The van der Waals surface area contributed by atoms with E-state index in [2.05, 4.69) is 54.5 Å². The Kier molecular flexibility index (Phi) is 10.4. The Balaban J connectivity index is 0.00000264. The molecule has 0 bridgehead atoms. The Morgan fingerprint density at radius 3 is 1.54 bits per heavy atom. The summed E-state index contributed by atoms with van der Waals surface area (Å²) < 4.78 is 9.00. The molecule has 0 aromatic carbocycles. The second-order valence-electron chi connectivity index (χ2n) is 8.20. The van der Waals surface area contributed by atoms with Crippen molar-refractivity contribution in [3.05, 3.63) is 42.1 Å². The topological polar surface area (TPSA) is 0 Å². The van der Waals surface area contributed by atoms with Gasteiger partial charge in [-0.3, -0.25) is 0 Å². The first kappa shape index (κ1) is 24.6. The van der Waals surface area contributed by atoms with E-state index in [1.807, 2.05) is 6.66 Å². The maximum atomic E-state index is 2.67. The fourth-order valence-electron chi connectivity index (χ4n) is 3.60. The summed E-state index contributed by atoms with van der Waals surface area (Å²) in [6.07, 6.45) is 20.6. The van der Waals surface area contributed by atoms with Gasteiger partial charge in [0.25, 0.3) is 0 Å². The predicted octanol–water partition coefficient (Wildman–Crippen LogP) is 6.97. The van der Waals surface area contributed by atoms with Crippen molar-refractivity contribution in [1.82, 2.24) is 0 Å². The van der Waals surface area contributed by atoms with Crippen LogP contribution in [0, 0.1) is 0 Å². The van der Waals surface area contributed by atoms with Gasteiger partial charge in [0.2, 0.25) is 0 Å².